The Morgan fingerprint density at radius 3 is 3.05 bits per heavy atom. The summed E-state index contributed by atoms with van der Waals surface area (Å²) in [7, 11) is 0. The Morgan fingerprint density at radius 1 is 1.29 bits per heavy atom. The van der Waals surface area contributed by atoms with Gasteiger partial charge in [-0.3, -0.25) is 4.90 Å². The van der Waals surface area contributed by atoms with E-state index in [0.717, 1.165) is 42.1 Å². The third-order valence-electron chi connectivity index (χ3n) is 4.39. The summed E-state index contributed by atoms with van der Waals surface area (Å²) < 4.78 is 11.0. The highest BCUT2D eigenvalue weighted by atomic mass is 16.7. The van der Waals surface area contributed by atoms with Crippen molar-refractivity contribution in [2.75, 3.05) is 25.7 Å². The number of nitrogens with zero attached hydrogens (tertiary/aromatic N) is 1. The summed E-state index contributed by atoms with van der Waals surface area (Å²) in [5, 5.41) is 9.64. The van der Waals surface area contributed by atoms with Crippen molar-refractivity contribution in [3.05, 3.63) is 23.3 Å². The summed E-state index contributed by atoms with van der Waals surface area (Å²) in [4.78, 5) is 2.36. The Hall–Kier alpha value is -1.30. The third-order valence-corrected chi connectivity index (χ3v) is 4.39. The van der Waals surface area contributed by atoms with Crippen LogP contribution in [0.15, 0.2) is 12.1 Å². The molecular formula is C16H24N2O3. The standard InChI is InChI=1S/C16H24N2O3/c17-14-6-12(16-13(7-14)10-20-11-21-16)8-18-5-3-1-2-4-15(18)9-19/h6-7,15,19H,1-5,8-11,17H2. The topological polar surface area (TPSA) is 68.0 Å². The number of hydrogen-bond donors (Lipinski definition) is 2. The predicted molar refractivity (Wildman–Crippen MR) is 80.9 cm³/mol. The number of aliphatic hydroxyl groups is 1. The van der Waals surface area contributed by atoms with E-state index < -0.39 is 0 Å². The molecule has 0 amide bonds. The lowest BCUT2D eigenvalue weighted by atomic mass is 10.1. The first-order chi connectivity index (χ1) is 10.3. The van der Waals surface area contributed by atoms with Crippen LogP contribution in [0.5, 0.6) is 5.75 Å². The lowest BCUT2D eigenvalue weighted by Gasteiger charge is -2.30. The molecule has 21 heavy (non-hydrogen) atoms. The first kappa shape index (κ1) is 14.6. The van der Waals surface area contributed by atoms with Crippen molar-refractivity contribution >= 4 is 5.69 Å². The highest BCUT2D eigenvalue weighted by Gasteiger charge is 2.23. The van der Waals surface area contributed by atoms with Crippen molar-refractivity contribution in [3.63, 3.8) is 0 Å². The summed E-state index contributed by atoms with van der Waals surface area (Å²) >= 11 is 0. The Balaban J connectivity index is 1.84. The van der Waals surface area contributed by atoms with Crippen LogP contribution in [0, 0.1) is 0 Å². The first-order valence-corrected chi connectivity index (χ1v) is 7.74. The van der Waals surface area contributed by atoms with E-state index in [4.69, 9.17) is 15.2 Å². The van der Waals surface area contributed by atoms with Crippen LogP contribution >= 0.6 is 0 Å². The minimum atomic E-state index is 0.217. The van der Waals surface area contributed by atoms with E-state index in [-0.39, 0.29) is 12.6 Å². The minimum absolute atomic E-state index is 0.217. The number of fused-ring (bicyclic) bond motifs is 1. The minimum Gasteiger partial charge on any atom is -0.467 e. The molecule has 5 nitrogen and oxygen atoms in total. The maximum atomic E-state index is 9.64. The average Bonchev–Trinajstić information content (AvgIpc) is 2.72. The molecule has 2 heterocycles. The summed E-state index contributed by atoms with van der Waals surface area (Å²) in [5.41, 5.74) is 8.88. The van der Waals surface area contributed by atoms with Crippen molar-refractivity contribution in [1.29, 1.82) is 0 Å². The van der Waals surface area contributed by atoms with E-state index in [1.165, 1.54) is 19.3 Å². The number of ether oxygens (including phenoxy) is 2. The molecule has 2 aliphatic heterocycles. The fourth-order valence-corrected chi connectivity index (χ4v) is 3.31. The van der Waals surface area contributed by atoms with Gasteiger partial charge in [0, 0.05) is 29.4 Å². The highest BCUT2D eigenvalue weighted by molar-refractivity contribution is 5.53. The van der Waals surface area contributed by atoms with Gasteiger partial charge < -0.3 is 20.3 Å². The molecule has 1 aromatic carbocycles. The molecule has 1 fully saturated rings. The Labute approximate surface area is 125 Å². The van der Waals surface area contributed by atoms with Gasteiger partial charge in [-0.1, -0.05) is 12.8 Å². The largest absolute Gasteiger partial charge is 0.467 e. The number of anilines is 1. The fourth-order valence-electron chi connectivity index (χ4n) is 3.31. The molecule has 1 atom stereocenters. The van der Waals surface area contributed by atoms with E-state index in [0.29, 0.717) is 13.4 Å². The van der Waals surface area contributed by atoms with E-state index in [1.807, 2.05) is 12.1 Å². The molecule has 2 aliphatic rings. The quantitative estimate of drug-likeness (QED) is 0.833. The van der Waals surface area contributed by atoms with Crippen molar-refractivity contribution in [2.24, 2.45) is 0 Å². The number of likely N-dealkylation sites (tertiary alicyclic amines) is 1. The second-order valence-electron chi connectivity index (χ2n) is 5.94. The molecule has 1 unspecified atom stereocenters. The molecule has 0 aromatic heterocycles. The first-order valence-electron chi connectivity index (χ1n) is 7.74. The van der Waals surface area contributed by atoms with Gasteiger partial charge in [-0.25, -0.2) is 0 Å². The Bertz CT molecular complexity index is 493. The maximum absolute atomic E-state index is 9.64. The van der Waals surface area contributed by atoms with Crippen LogP contribution < -0.4 is 10.5 Å². The molecule has 0 radical (unpaired) electrons. The summed E-state index contributed by atoms with van der Waals surface area (Å²) in [5.74, 6) is 0.913. The summed E-state index contributed by atoms with van der Waals surface area (Å²) in [6.45, 7) is 2.86. The van der Waals surface area contributed by atoms with Crippen LogP contribution in [-0.4, -0.2) is 36.0 Å². The van der Waals surface area contributed by atoms with Crippen LogP contribution in [0.4, 0.5) is 5.69 Å². The number of benzene rings is 1. The maximum Gasteiger partial charge on any atom is 0.189 e. The fraction of sp³-hybridized carbons (Fsp3) is 0.625. The monoisotopic (exact) mass is 292 g/mol. The molecule has 1 aromatic rings. The van der Waals surface area contributed by atoms with Gasteiger partial charge in [0.15, 0.2) is 6.79 Å². The smallest absolute Gasteiger partial charge is 0.189 e. The second-order valence-corrected chi connectivity index (χ2v) is 5.94. The van der Waals surface area contributed by atoms with Crippen LogP contribution in [-0.2, 0) is 17.9 Å². The summed E-state index contributed by atoms with van der Waals surface area (Å²) in [6.07, 6.45) is 4.68. The average molecular weight is 292 g/mol. The second kappa shape index (κ2) is 6.64. The molecule has 1 saturated heterocycles. The van der Waals surface area contributed by atoms with Gasteiger partial charge in [0.05, 0.1) is 13.2 Å². The highest BCUT2D eigenvalue weighted by Crippen LogP contribution is 2.32. The predicted octanol–water partition coefficient (Wildman–Crippen LogP) is 1.87. The van der Waals surface area contributed by atoms with Crippen LogP contribution in [0.25, 0.3) is 0 Å². The number of aliphatic hydroxyl groups excluding tert-OH is 1. The molecule has 5 heteroatoms. The third kappa shape index (κ3) is 3.31. The molecule has 0 bridgehead atoms. The molecule has 116 valence electrons. The molecule has 0 saturated carbocycles. The number of nitrogens with two attached hydrogens (primary N) is 1. The molecular weight excluding hydrogens is 268 g/mol. The van der Waals surface area contributed by atoms with Crippen molar-refractivity contribution in [3.8, 4) is 5.75 Å². The van der Waals surface area contributed by atoms with E-state index in [1.54, 1.807) is 0 Å². The van der Waals surface area contributed by atoms with E-state index in [9.17, 15) is 5.11 Å². The molecule has 3 N–H and O–H groups in total. The van der Waals surface area contributed by atoms with Crippen molar-refractivity contribution < 1.29 is 14.6 Å². The van der Waals surface area contributed by atoms with Gasteiger partial charge in [-0.15, -0.1) is 0 Å². The van der Waals surface area contributed by atoms with Crippen LogP contribution in [0.1, 0.15) is 36.8 Å². The Morgan fingerprint density at radius 2 is 2.19 bits per heavy atom. The van der Waals surface area contributed by atoms with Gasteiger partial charge >= 0.3 is 0 Å². The zero-order chi connectivity index (χ0) is 14.7. The van der Waals surface area contributed by atoms with Gasteiger partial charge in [-0.2, -0.15) is 0 Å². The SMILES string of the molecule is Nc1cc2c(c(CN3CCCCCC3CO)c1)OCOC2. The normalized spacial score (nSPS) is 23.2. The number of nitrogen functional groups attached to an aromatic ring is 1. The lowest BCUT2D eigenvalue weighted by Crippen LogP contribution is -2.37. The molecule has 3 rings (SSSR count). The van der Waals surface area contributed by atoms with Gasteiger partial charge in [0.1, 0.15) is 5.75 Å². The van der Waals surface area contributed by atoms with Gasteiger partial charge in [-0.05, 0) is 31.5 Å². The number of hydrogen-bond acceptors (Lipinski definition) is 5. The van der Waals surface area contributed by atoms with Crippen LogP contribution in [0.2, 0.25) is 0 Å². The summed E-state index contributed by atoms with van der Waals surface area (Å²) in [6, 6.07) is 4.15. The molecule has 0 aliphatic carbocycles. The molecule has 0 spiro atoms. The zero-order valence-electron chi connectivity index (χ0n) is 12.4. The van der Waals surface area contributed by atoms with Crippen LogP contribution in [0.3, 0.4) is 0 Å². The zero-order valence-corrected chi connectivity index (χ0v) is 12.4. The van der Waals surface area contributed by atoms with E-state index in [2.05, 4.69) is 4.90 Å². The van der Waals surface area contributed by atoms with Gasteiger partial charge in [0.25, 0.3) is 0 Å². The van der Waals surface area contributed by atoms with Gasteiger partial charge in [0.2, 0.25) is 0 Å². The van der Waals surface area contributed by atoms with Crippen molar-refractivity contribution in [1.82, 2.24) is 4.90 Å². The Kier molecular flexibility index (Phi) is 4.63. The van der Waals surface area contributed by atoms with E-state index >= 15 is 0 Å². The van der Waals surface area contributed by atoms with Crippen molar-refractivity contribution in [2.45, 2.75) is 44.9 Å². The lowest BCUT2D eigenvalue weighted by molar-refractivity contribution is -0.0177. The number of rotatable bonds is 3.